The van der Waals surface area contributed by atoms with E-state index >= 15 is 0 Å². The number of ether oxygens (including phenoxy) is 2. The Kier molecular flexibility index (Phi) is 10.5. The van der Waals surface area contributed by atoms with E-state index in [1.54, 1.807) is 0 Å². The summed E-state index contributed by atoms with van der Waals surface area (Å²) in [4.78, 5) is 21.1. The van der Waals surface area contributed by atoms with E-state index in [0.29, 0.717) is 54.1 Å². The molecule has 2 aromatic heterocycles. The Bertz CT molecular complexity index is 1880. The number of amides is 1. The largest absolute Gasteiger partial charge is 0.488 e. The Balaban J connectivity index is 1.49. The monoisotopic (exact) mass is 661 g/mol. The van der Waals surface area contributed by atoms with Gasteiger partial charge in [-0.25, -0.2) is 4.98 Å². The quantitative estimate of drug-likeness (QED) is 0.138. The Morgan fingerprint density at radius 3 is 2.20 bits per heavy atom. The van der Waals surface area contributed by atoms with Crippen LogP contribution in [0.15, 0.2) is 77.3 Å². The van der Waals surface area contributed by atoms with Gasteiger partial charge in [0, 0.05) is 51.4 Å². The van der Waals surface area contributed by atoms with Gasteiger partial charge in [-0.05, 0) is 41.5 Å². The Morgan fingerprint density at radius 2 is 1.59 bits per heavy atom. The Hall–Kier alpha value is -4.89. The van der Waals surface area contributed by atoms with E-state index in [2.05, 4.69) is 65.8 Å². The molecule has 1 N–H and O–H groups in total. The number of imidazole rings is 1. The lowest BCUT2D eigenvalue weighted by Crippen LogP contribution is -2.33. The maximum atomic E-state index is 13.5. The third kappa shape index (κ3) is 7.57. The van der Waals surface area contributed by atoms with E-state index in [1.807, 2.05) is 68.6 Å². The van der Waals surface area contributed by atoms with Gasteiger partial charge in [0.15, 0.2) is 11.5 Å². The van der Waals surface area contributed by atoms with Crippen LogP contribution in [0, 0.1) is 5.92 Å². The molecule has 3 heterocycles. The molecule has 1 amide bonds. The van der Waals surface area contributed by atoms with E-state index in [-0.39, 0.29) is 17.5 Å². The summed E-state index contributed by atoms with van der Waals surface area (Å²) in [6, 6.07) is 24.2. The van der Waals surface area contributed by atoms with Crippen molar-refractivity contribution in [2.45, 2.75) is 66.7 Å². The minimum absolute atomic E-state index is 0.120. The SMILES string of the molecule is CCNC(=O)c1noc(-c2cc(C(C)C)c(OCc3ccccc3)cc2OCc2ccccc2)c1-c1nc2c(n1C)CCN(CC(C)C)C2. The molecule has 0 spiro atoms. The number of nitrogens with zero attached hydrogens (tertiary/aromatic N) is 4. The van der Waals surface area contributed by atoms with Crippen molar-refractivity contribution < 1.29 is 18.8 Å². The number of benzene rings is 3. The number of carbonyl (C=O) groups excluding carboxylic acids is 1. The molecule has 9 heteroatoms. The van der Waals surface area contributed by atoms with Crippen molar-refractivity contribution in [2.24, 2.45) is 13.0 Å². The number of nitrogens with one attached hydrogen (secondary N) is 1. The van der Waals surface area contributed by atoms with Crippen LogP contribution in [-0.4, -0.2) is 45.1 Å². The van der Waals surface area contributed by atoms with Gasteiger partial charge in [0.25, 0.3) is 5.91 Å². The molecule has 0 saturated heterocycles. The summed E-state index contributed by atoms with van der Waals surface area (Å²) in [5.74, 6) is 2.75. The molecule has 0 saturated carbocycles. The highest BCUT2D eigenvalue weighted by Gasteiger charge is 2.33. The first-order valence-electron chi connectivity index (χ1n) is 17.3. The first-order valence-corrected chi connectivity index (χ1v) is 17.3. The summed E-state index contributed by atoms with van der Waals surface area (Å²) in [7, 11) is 2.02. The van der Waals surface area contributed by atoms with Crippen molar-refractivity contribution >= 4 is 5.91 Å². The average molecular weight is 662 g/mol. The fourth-order valence-corrected chi connectivity index (χ4v) is 6.48. The fraction of sp³-hybridized carbons (Fsp3) is 0.375. The second kappa shape index (κ2) is 15.1. The van der Waals surface area contributed by atoms with Gasteiger partial charge in [0.05, 0.1) is 16.8 Å². The zero-order valence-electron chi connectivity index (χ0n) is 29.5. The standard InChI is InChI=1S/C40H47N5O4/c1-7-41-40(46)37-36(39-42-32-23-45(22-26(2)3)19-18-33(32)44(39)6)38(49-43-37)31-20-30(27(4)5)34(47-24-28-14-10-8-11-15-28)21-35(31)48-25-29-16-12-9-13-17-29/h8-17,20-21,26-27H,7,18-19,22-25H2,1-6H3,(H,41,46). The van der Waals surface area contributed by atoms with E-state index in [1.165, 1.54) is 0 Å². The minimum Gasteiger partial charge on any atom is -0.488 e. The average Bonchev–Trinajstić information content (AvgIpc) is 3.67. The summed E-state index contributed by atoms with van der Waals surface area (Å²) in [5.41, 5.74) is 6.71. The van der Waals surface area contributed by atoms with Gasteiger partial charge in [-0.3, -0.25) is 9.69 Å². The molecule has 0 fully saturated rings. The van der Waals surface area contributed by atoms with Crippen LogP contribution in [0.2, 0.25) is 0 Å². The van der Waals surface area contributed by atoms with E-state index in [9.17, 15) is 4.79 Å². The van der Waals surface area contributed by atoms with Crippen molar-refractivity contribution in [3.05, 3.63) is 107 Å². The zero-order valence-corrected chi connectivity index (χ0v) is 29.5. The lowest BCUT2D eigenvalue weighted by molar-refractivity contribution is 0.0947. The number of hydrogen-bond donors (Lipinski definition) is 1. The summed E-state index contributed by atoms with van der Waals surface area (Å²) in [6.07, 6.45) is 0.874. The minimum atomic E-state index is -0.312. The Morgan fingerprint density at radius 1 is 0.939 bits per heavy atom. The maximum absolute atomic E-state index is 13.5. The van der Waals surface area contributed by atoms with Crippen LogP contribution in [0.5, 0.6) is 11.5 Å². The van der Waals surface area contributed by atoms with Crippen molar-refractivity contribution in [3.63, 3.8) is 0 Å². The first kappa shape index (κ1) is 34.0. The van der Waals surface area contributed by atoms with Crippen molar-refractivity contribution in [3.8, 4) is 34.2 Å². The summed E-state index contributed by atoms with van der Waals surface area (Å²) >= 11 is 0. The number of rotatable bonds is 13. The molecule has 9 nitrogen and oxygen atoms in total. The first-order chi connectivity index (χ1) is 23.7. The molecule has 1 aliphatic heterocycles. The van der Waals surface area contributed by atoms with Gasteiger partial charge in [-0.2, -0.15) is 0 Å². The van der Waals surface area contributed by atoms with Gasteiger partial charge in [0.2, 0.25) is 0 Å². The molecule has 0 atom stereocenters. The molecule has 0 bridgehead atoms. The summed E-state index contributed by atoms with van der Waals surface area (Å²) in [6.45, 7) is 14.6. The molecule has 3 aromatic carbocycles. The molecule has 49 heavy (non-hydrogen) atoms. The van der Waals surface area contributed by atoms with E-state index < -0.39 is 0 Å². The fourth-order valence-electron chi connectivity index (χ4n) is 6.48. The molecule has 0 aliphatic carbocycles. The van der Waals surface area contributed by atoms with Crippen LogP contribution in [0.3, 0.4) is 0 Å². The molecular weight excluding hydrogens is 614 g/mol. The van der Waals surface area contributed by atoms with Gasteiger partial charge < -0.3 is 23.9 Å². The van der Waals surface area contributed by atoms with Crippen molar-refractivity contribution in [1.29, 1.82) is 0 Å². The molecule has 0 unspecified atom stereocenters. The molecule has 5 aromatic rings. The van der Waals surface area contributed by atoms with Gasteiger partial charge in [0.1, 0.15) is 30.5 Å². The normalized spacial score (nSPS) is 13.1. The number of fused-ring (bicyclic) bond motifs is 1. The van der Waals surface area contributed by atoms with Crippen LogP contribution < -0.4 is 14.8 Å². The number of carbonyl (C=O) groups is 1. The number of hydrogen-bond acceptors (Lipinski definition) is 7. The lowest BCUT2D eigenvalue weighted by atomic mass is 9.96. The highest BCUT2D eigenvalue weighted by atomic mass is 16.5. The van der Waals surface area contributed by atoms with Crippen LogP contribution in [0.4, 0.5) is 0 Å². The second-order valence-corrected chi connectivity index (χ2v) is 13.5. The smallest absolute Gasteiger partial charge is 0.274 e. The van der Waals surface area contributed by atoms with Crippen molar-refractivity contribution in [2.75, 3.05) is 19.6 Å². The van der Waals surface area contributed by atoms with Gasteiger partial charge >= 0.3 is 0 Å². The molecule has 6 rings (SSSR count). The number of aromatic nitrogens is 3. The second-order valence-electron chi connectivity index (χ2n) is 13.5. The van der Waals surface area contributed by atoms with E-state index in [4.69, 9.17) is 19.0 Å². The van der Waals surface area contributed by atoms with Crippen LogP contribution >= 0.6 is 0 Å². The predicted octanol–water partition coefficient (Wildman–Crippen LogP) is 7.79. The predicted molar refractivity (Wildman–Crippen MR) is 192 cm³/mol. The Labute approximate surface area is 289 Å². The molecule has 1 aliphatic rings. The topological polar surface area (TPSA) is 94.6 Å². The molecule has 0 radical (unpaired) electrons. The molecular formula is C40H47N5O4. The van der Waals surface area contributed by atoms with Crippen LogP contribution in [0.25, 0.3) is 22.7 Å². The van der Waals surface area contributed by atoms with Crippen LogP contribution in [-0.2, 0) is 33.2 Å². The van der Waals surface area contributed by atoms with Gasteiger partial charge in [-0.15, -0.1) is 0 Å². The van der Waals surface area contributed by atoms with Crippen LogP contribution in [0.1, 0.15) is 79.1 Å². The summed E-state index contributed by atoms with van der Waals surface area (Å²) in [5, 5.41) is 7.30. The third-order valence-electron chi connectivity index (χ3n) is 8.88. The highest BCUT2D eigenvalue weighted by Crippen LogP contribution is 2.44. The third-order valence-corrected chi connectivity index (χ3v) is 8.88. The molecule has 256 valence electrons. The lowest BCUT2D eigenvalue weighted by Gasteiger charge is -2.27. The van der Waals surface area contributed by atoms with Gasteiger partial charge in [-0.1, -0.05) is 93.5 Å². The summed E-state index contributed by atoms with van der Waals surface area (Å²) < 4.78 is 21.3. The zero-order chi connectivity index (χ0) is 34.5. The maximum Gasteiger partial charge on any atom is 0.274 e. The highest BCUT2D eigenvalue weighted by molar-refractivity contribution is 6.01. The van der Waals surface area contributed by atoms with Crippen molar-refractivity contribution in [1.82, 2.24) is 24.9 Å². The van der Waals surface area contributed by atoms with E-state index in [0.717, 1.165) is 59.9 Å².